The molecule has 2 N–H and O–H groups in total. The van der Waals surface area contributed by atoms with Crippen LogP contribution in [0, 0.1) is 11.8 Å². The van der Waals surface area contributed by atoms with Gasteiger partial charge in [-0.3, -0.25) is 0 Å². The molecule has 0 bridgehead atoms. The van der Waals surface area contributed by atoms with Gasteiger partial charge in [-0.2, -0.15) is 0 Å². The fourth-order valence-electron chi connectivity index (χ4n) is 2.99. The maximum Gasteiger partial charge on any atom is 0.0642 e. The van der Waals surface area contributed by atoms with Gasteiger partial charge in [0.25, 0.3) is 0 Å². The topological polar surface area (TPSA) is 29.3 Å². The SMILES string of the molecule is CCC(N)Cc1cccc(Cl)c1N(CC1CC1)CC1CC1. The summed E-state index contributed by atoms with van der Waals surface area (Å²) in [6.45, 7) is 4.50. The number of nitrogens with two attached hydrogens (primary N) is 1. The van der Waals surface area contributed by atoms with Crippen molar-refractivity contribution in [1.82, 2.24) is 0 Å². The van der Waals surface area contributed by atoms with Crippen LogP contribution < -0.4 is 10.6 Å². The van der Waals surface area contributed by atoms with Gasteiger partial charge in [-0.25, -0.2) is 0 Å². The average Bonchev–Trinajstić information content (AvgIpc) is 3.34. The second kappa shape index (κ2) is 6.58. The molecule has 3 heteroatoms. The smallest absolute Gasteiger partial charge is 0.0642 e. The molecule has 0 aliphatic heterocycles. The fourth-order valence-corrected chi connectivity index (χ4v) is 3.30. The number of rotatable bonds is 8. The lowest BCUT2D eigenvalue weighted by Gasteiger charge is -2.29. The van der Waals surface area contributed by atoms with Crippen LogP contribution in [-0.2, 0) is 6.42 Å². The molecular formula is C18H27ClN2. The molecule has 1 atom stereocenters. The molecule has 2 aliphatic rings. The summed E-state index contributed by atoms with van der Waals surface area (Å²) < 4.78 is 0. The zero-order chi connectivity index (χ0) is 14.8. The molecule has 2 nitrogen and oxygen atoms in total. The maximum atomic E-state index is 6.58. The van der Waals surface area contributed by atoms with Gasteiger partial charge in [-0.05, 0) is 62.0 Å². The first-order chi connectivity index (χ1) is 10.2. The highest BCUT2D eigenvalue weighted by Crippen LogP contribution is 2.39. The molecule has 2 saturated carbocycles. The molecule has 0 saturated heterocycles. The van der Waals surface area contributed by atoms with E-state index in [9.17, 15) is 0 Å². The van der Waals surface area contributed by atoms with Gasteiger partial charge in [-0.1, -0.05) is 30.7 Å². The number of nitrogens with zero attached hydrogens (tertiary/aromatic N) is 1. The first-order valence-corrected chi connectivity index (χ1v) is 8.83. The van der Waals surface area contributed by atoms with E-state index in [4.69, 9.17) is 17.3 Å². The van der Waals surface area contributed by atoms with Gasteiger partial charge in [0.05, 0.1) is 10.7 Å². The van der Waals surface area contributed by atoms with Crippen molar-refractivity contribution in [3.05, 3.63) is 28.8 Å². The predicted octanol–water partition coefficient (Wildman–Crippen LogP) is 4.25. The Labute approximate surface area is 133 Å². The molecule has 21 heavy (non-hydrogen) atoms. The van der Waals surface area contributed by atoms with Crippen LogP contribution in [0.2, 0.25) is 5.02 Å². The van der Waals surface area contributed by atoms with Crippen molar-refractivity contribution in [3.8, 4) is 0 Å². The van der Waals surface area contributed by atoms with Gasteiger partial charge in [0.15, 0.2) is 0 Å². The van der Waals surface area contributed by atoms with E-state index >= 15 is 0 Å². The van der Waals surface area contributed by atoms with Crippen LogP contribution in [0.3, 0.4) is 0 Å². The van der Waals surface area contributed by atoms with Gasteiger partial charge in [-0.15, -0.1) is 0 Å². The number of benzene rings is 1. The third kappa shape index (κ3) is 4.14. The molecule has 0 amide bonds. The van der Waals surface area contributed by atoms with Crippen LogP contribution >= 0.6 is 11.6 Å². The van der Waals surface area contributed by atoms with Crippen LogP contribution in [0.5, 0.6) is 0 Å². The lowest BCUT2D eigenvalue weighted by Crippen LogP contribution is -2.30. The quantitative estimate of drug-likeness (QED) is 0.778. The minimum absolute atomic E-state index is 0.228. The number of hydrogen-bond donors (Lipinski definition) is 1. The third-order valence-corrected chi connectivity index (χ3v) is 5.05. The average molecular weight is 307 g/mol. The Morgan fingerprint density at radius 2 is 1.81 bits per heavy atom. The van der Waals surface area contributed by atoms with Crippen molar-refractivity contribution in [2.24, 2.45) is 17.6 Å². The Bertz CT molecular complexity index is 466. The van der Waals surface area contributed by atoms with Crippen LogP contribution in [-0.4, -0.2) is 19.1 Å². The zero-order valence-electron chi connectivity index (χ0n) is 13.0. The maximum absolute atomic E-state index is 6.58. The molecule has 0 heterocycles. The highest BCUT2D eigenvalue weighted by molar-refractivity contribution is 6.33. The summed E-state index contributed by atoms with van der Waals surface area (Å²) in [6.07, 6.45) is 7.48. The summed E-state index contributed by atoms with van der Waals surface area (Å²) in [5, 5.41) is 0.900. The van der Waals surface area contributed by atoms with Gasteiger partial charge >= 0.3 is 0 Å². The lowest BCUT2D eigenvalue weighted by atomic mass is 10.0. The van der Waals surface area contributed by atoms with Crippen LogP contribution in [0.1, 0.15) is 44.6 Å². The summed E-state index contributed by atoms with van der Waals surface area (Å²) in [6, 6.07) is 6.54. The van der Waals surface area contributed by atoms with Crippen molar-refractivity contribution in [2.45, 2.75) is 51.5 Å². The van der Waals surface area contributed by atoms with E-state index in [1.807, 2.05) is 6.07 Å². The minimum atomic E-state index is 0.228. The molecule has 1 aromatic rings. The van der Waals surface area contributed by atoms with Crippen LogP contribution in [0.25, 0.3) is 0 Å². The molecule has 1 aromatic carbocycles. The summed E-state index contributed by atoms with van der Waals surface area (Å²) in [7, 11) is 0. The van der Waals surface area contributed by atoms with Crippen LogP contribution in [0.4, 0.5) is 5.69 Å². The highest BCUT2D eigenvalue weighted by Gasteiger charge is 2.31. The summed E-state index contributed by atoms with van der Waals surface area (Å²) in [4.78, 5) is 2.56. The van der Waals surface area contributed by atoms with E-state index in [0.29, 0.717) is 0 Å². The minimum Gasteiger partial charge on any atom is -0.370 e. The largest absolute Gasteiger partial charge is 0.370 e. The number of para-hydroxylation sites is 1. The van der Waals surface area contributed by atoms with Gasteiger partial charge in [0.2, 0.25) is 0 Å². The molecule has 2 aliphatic carbocycles. The van der Waals surface area contributed by atoms with Crippen LogP contribution in [0.15, 0.2) is 18.2 Å². The highest BCUT2D eigenvalue weighted by atomic mass is 35.5. The zero-order valence-corrected chi connectivity index (χ0v) is 13.8. The Hall–Kier alpha value is -0.730. The lowest BCUT2D eigenvalue weighted by molar-refractivity contribution is 0.636. The molecule has 116 valence electrons. The first-order valence-electron chi connectivity index (χ1n) is 8.45. The van der Waals surface area contributed by atoms with E-state index < -0.39 is 0 Å². The van der Waals surface area contributed by atoms with Gasteiger partial charge in [0.1, 0.15) is 0 Å². The standard InChI is InChI=1S/C18H27ClN2/c1-2-16(20)10-15-4-3-5-17(19)18(15)21(11-13-6-7-13)12-14-8-9-14/h3-5,13-14,16H,2,6-12,20H2,1H3. The first kappa shape index (κ1) is 15.2. The van der Waals surface area contributed by atoms with Crippen molar-refractivity contribution >= 4 is 17.3 Å². The molecule has 0 radical (unpaired) electrons. The Balaban J connectivity index is 1.84. The molecule has 3 rings (SSSR count). The predicted molar refractivity (Wildman–Crippen MR) is 91.1 cm³/mol. The van der Waals surface area contributed by atoms with E-state index in [2.05, 4.69) is 24.0 Å². The fraction of sp³-hybridized carbons (Fsp3) is 0.667. The summed E-state index contributed by atoms with van der Waals surface area (Å²) >= 11 is 6.58. The Morgan fingerprint density at radius 1 is 1.19 bits per heavy atom. The second-order valence-electron chi connectivity index (χ2n) is 6.91. The van der Waals surface area contributed by atoms with Crippen molar-refractivity contribution < 1.29 is 0 Å². The van der Waals surface area contributed by atoms with Crippen molar-refractivity contribution in [2.75, 3.05) is 18.0 Å². The third-order valence-electron chi connectivity index (χ3n) is 4.74. The van der Waals surface area contributed by atoms with E-state index in [-0.39, 0.29) is 6.04 Å². The normalized spacial score (nSPS) is 19.6. The van der Waals surface area contributed by atoms with Gasteiger partial charge < -0.3 is 10.6 Å². The second-order valence-corrected chi connectivity index (χ2v) is 7.32. The van der Waals surface area contributed by atoms with Crippen molar-refractivity contribution in [3.63, 3.8) is 0 Å². The van der Waals surface area contributed by atoms with E-state index in [1.165, 1.54) is 50.0 Å². The monoisotopic (exact) mass is 306 g/mol. The molecule has 0 spiro atoms. The van der Waals surface area contributed by atoms with Gasteiger partial charge in [0, 0.05) is 19.1 Å². The summed E-state index contributed by atoms with van der Waals surface area (Å²) in [5.41, 5.74) is 8.79. The Morgan fingerprint density at radius 3 is 2.33 bits per heavy atom. The number of anilines is 1. The molecular weight excluding hydrogens is 280 g/mol. The molecule has 1 unspecified atom stereocenters. The van der Waals surface area contributed by atoms with E-state index in [0.717, 1.165) is 29.7 Å². The Kier molecular flexibility index (Phi) is 4.75. The number of halogens is 1. The van der Waals surface area contributed by atoms with Crippen molar-refractivity contribution in [1.29, 1.82) is 0 Å². The van der Waals surface area contributed by atoms with E-state index in [1.54, 1.807) is 0 Å². The number of hydrogen-bond acceptors (Lipinski definition) is 2. The molecule has 2 fully saturated rings. The molecule has 0 aromatic heterocycles. The summed E-state index contributed by atoms with van der Waals surface area (Å²) in [5.74, 6) is 1.76.